The lowest BCUT2D eigenvalue weighted by Gasteiger charge is -2.30. The molecule has 12 nitrogen and oxygen atoms in total. The molecule has 2 N–H and O–H groups in total. The van der Waals surface area contributed by atoms with Gasteiger partial charge in [0.2, 0.25) is 6.23 Å². The van der Waals surface area contributed by atoms with Crippen molar-refractivity contribution < 1.29 is 23.8 Å². The smallest absolute Gasteiger partial charge is 0.410 e. The third-order valence-electron chi connectivity index (χ3n) is 11.3. The summed E-state index contributed by atoms with van der Waals surface area (Å²) in [6, 6.07) is 25.9. The van der Waals surface area contributed by atoms with Gasteiger partial charge in [-0.25, -0.2) is 19.6 Å². The van der Waals surface area contributed by atoms with Crippen LogP contribution in [-0.2, 0) is 9.47 Å². The van der Waals surface area contributed by atoms with E-state index < -0.39 is 25.5 Å². The van der Waals surface area contributed by atoms with Crippen LogP contribution < -0.4 is 4.74 Å². The van der Waals surface area contributed by atoms with Crippen LogP contribution in [0.5, 0.6) is 5.75 Å². The molecule has 2 fully saturated rings. The molecule has 0 bridgehead atoms. The van der Waals surface area contributed by atoms with Crippen LogP contribution >= 0.6 is 0 Å². The molecule has 2 amide bonds. The van der Waals surface area contributed by atoms with Crippen LogP contribution in [0.25, 0.3) is 44.7 Å². The van der Waals surface area contributed by atoms with Crippen molar-refractivity contribution in [3.8, 4) is 39.5 Å². The molecule has 3 aromatic carbocycles. The molecule has 3 unspecified atom stereocenters. The van der Waals surface area contributed by atoms with Crippen molar-refractivity contribution >= 4 is 31.2 Å². The highest BCUT2D eigenvalue weighted by atomic mass is 28.3. The fraction of sp³-hybridized carbons (Fsp3) is 0.391. The first-order valence-corrected chi connectivity index (χ1v) is 24.0. The van der Waals surface area contributed by atoms with Gasteiger partial charge in [0.25, 0.3) is 0 Å². The predicted octanol–water partition coefficient (Wildman–Crippen LogP) is 10.6. The SMILES string of the molecule is CC(C)(C)OC(=O)N1CCCC1c1ncc(-c2ccc3c(c2)OC(c2ccccc2)n2c-3cc3cc(-c4cnc(C5C[Si](C)(C)CN5C(=O)OC(C)(C)C)[nH]4)ccc32)[nH]1. The molecule has 3 aliphatic rings. The number of fused-ring (bicyclic) bond motifs is 5. The third-order valence-corrected chi connectivity index (χ3v) is 14.0. The van der Waals surface area contributed by atoms with Gasteiger partial charge in [-0.2, -0.15) is 0 Å². The molecule has 9 rings (SSSR count). The Morgan fingerprint density at radius 1 is 0.780 bits per heavy atom. The van der Waals surface area contributed by atoms with Crippen molar-refractivity contribution in [1.82, 2.24) is 34.3 Å². The number of H-pyrrole nitrogens is 2. The maximum absolute atomic E-state index is 13.3. The summed E-state index contributed by atoms with van der Waals surface area (Å²) in [5, 5.41) is 1.07. The summed E-state index contributed by atoms with van der Waals surface area (Å²) in [5.74, 6) is 2.31. The van der Waals surface area contributed by atoms with Crippen LogP contribution in [0.1, 0.15) is 89.9 Å². The average Bonchev–Trinajstić information content (AvgIpc) is 4.02. The summed E-state index contributed by atoms with van der Waals surface area (Å²) in [6.07, 6.45) is 5.16. The first-order chi connectivity index (χ1) is 28.0. The Hall–Kier alpha value is -5.82. The molecule has 306 valence electrons. The minimum absolute atomic E-state index is 0.154. The number of ether oxygens (including phenoxy) is 3. The Morgan fingerprint density at radius 3 is 2.08 bits per heavy atom. The van der Waals surface area contributed by atoms with Gasteiger partial charge >= 0.3 is 12.2 Å². The zero-order valence-electron chi connectivity index (χ0n) is 35.1. The largest absolute Gasteiger partial charge is 0.465 e. The second kappa shape index (κ2) is 14.2. The molecule has 0 spiro atoms. The lowest BCUT2D eigenvalue weighted by atomic mass is 10.0. The van der Waals surface area contributed by atoms with Crippen molar-refractivity contribution in [2.75, 3.05) is 12.7 Å². The number of nitrogens with zero attached hydrogens (tertiary/aromatic N) is 5. The summed E-state index contributed by atoms with van der Waals surface area (Å²) >= 11 is 0. The fourth-order valence-corrected chi connectivity index (χ4v) is 11.7. The molecule has 6 aromatic rings. The van der Waals surface area contributed by atoms with E-state index in [1.807, 2.05) is 77.0 Å². The topological polar surface area (TPSA) is 131 Å². The maximum Gasteiger partial charge on any atom is 0.410 e. The van der Waals surface area contributed by atoms with Gasteiger partial charge in [0.1, 0.15) is 28.6 Å². The number of carbonyl (C=O) groups excluding carboxylic acids is 2. The molecule has 0 radical (unpaired) electrons. The van der Waals surface area contributed by atoms with Gasteiger partial charge in [-0.1, -0.05) is 55.6 Å². The van der Waals surface area contributed by atoms with Gasteiger partial charge in [0, 0.05) is 40.4 Å². The van der Waals surface area contributed by atoms with Crippen molar-refractivity contribution in [1.29, 1.82) is 0 Å². The van der Waals surface area contributed by atoms with E-state index in [0.29, 0.717) is 6.54 Å². The molecule has 0 saturated carbocycles. The molecule has 3 aromatic heterocycles. The Balaban J connectivity index is 1.03. The van der Waals surface area contributed by atoms with E-state index in [4.69, 9.17) is 24.2 Å². The van der Waals surface area contributed by atoms with Gasteiger partial charge in [-0.3, -0.25) is 4.90 Å². The predicted molar refractivity (Wildman–Crippen MR) is 231 cm³/mol. The standard InChI is InChI=1S/C46H53N7O5Si/c1-45(2,3)57-43(54)51-20-12-15-36(51)40-47-25-34(49-40)30-16-18-32-37-22-31-21-29(17-19-35(31)53(37)42(56-39(32)23-30)28-13-10-9-11-14-28)33-24-48-41(50-33)38-26-59(7,8)27-52(38)44(55)58-46(4,5)6/h9-11,13-14,16-19,21-25,36,38,42H,12,15,20,26-27H2,1-8H3,(H,47,49)(H,48,50). The number of carbonyl (C=O) groups is 2. The van der Waals surface area contributed by atoms with Crippen LogP contribution in [0.4, 0.5) is 9.59 Å². The summed E-state index contributed by atoms with van der Waals surface area (Å²) in [4.78, 5) is 46.7. The van der Waals surface area contributed by atoms with Gasteiger partial charge < -0.3 is 33.6 Å². The van der Waals surface area contributed by atoms with Crippen LogP contribution in [-0.4, -0.2) is 78.5 Å². The van der Waals surface area contributed by atoms with Crippen LogP contribution in [0.3, 0.4) is 0 Å². The summed E-state index contributed by atoms with van der Waals surface area (Å²) in [7, 11) is -1.68. The van der Waals surface area contributed by atoms with E-state index >= 15 is 0 Å². The molecule has 3 aliphatic heterocycles. The number of benzene rings is 3. The number of rotatable bonds is 5. The van der Waals surface area contributed by atoms with Gasteiger partial charge in [-0.05, 0) is 90.8 Å². The zero-order valence-corrected chi connectivity index (χ0v) is 36.1. The Morgan fingerprint density at radius 2 is 1.41 bits per heavy atom. The average molecular weight is 812 g/mol. The highest BCUT2D eigenvalue weighted by molar-refractivity contribution is 6.78. The zero-order chi connectivity index (χ0) is 41.4. The molecular weight excluding hydrogens is 759 g/mol. The number of hydrogen-bond acceptors (Lipinski definition) is 7. The minimum Gasteiger partial charge on any atom is -0.465 e. The minimum atomic E-state index is -1.68. The van der Waals surface area contributed by atoms with Crippen LogP contribution in [0.15, 0.2) is 85.2 Å². The molecule has 59 heavy (non-hydrogen) atoms. The second-order valence-corrected chi connectivity index (χ2v) is 24.0. The molecule has 2 saturated heterocycles. The number of likely N-dealkylation sites (tertiary alicyclic amines) is 1. The molecular formula is C46H53N7O5Si. The maximum atomic E-state index is 13.3. The lowest BCUT2D eigenvalue weighted by Crippen LogP contribution is -2.39. The highest BCUT2D eigenvalue weighted by Gasteiger charge is 2.45. The Bertz CT molecular complexity index is 2560. The van der Waals surface area contributed by atoms with Gasteiger partial charge in [-0.15, -0.1) is 0 Å². The number of aromatic nitrogens is 5. The Kier molecular flexibility index (Phi) is 9.30. The number of amides is 2. The quantitative estimate of drug-likeness (QED) is 0.166. The van der Waals surface area contributed by atoms with E-state index in [0.717, 1.165) is 92.7 Å². The van der Waals surface area contributed by atoms with Crippen molar-refractivity contribution in [2.45, 2.75) is 103 Å². The number of nitrogens with one attached hydrogen (secondary N) is 2. The highest BCUT2D eigenvalue weighted by Crippen LogP contribution is 2.46. The Labute approximate surface area is 345 Å². The molecule has 3 atom stereocenters. The van der Waals surface area contributed by atoms with Gasteiger partial charge in [0.05, 0.1) is 55.1 Å². The van der Waals surface area contributed by atoms with Crippen molar-refractivity contribution in [3.63, 3.8) is 0 Å². The number of hydrogen-bond donors (Lipinski definition) is 2. The molecule has 0 aliphatic carbocycles. The van der Waals surface area contributed by atoms with E-state index in [2.05, 4.69) is 82.2 Å². The normalized spacial score (nSPS) is 20.0. The lowest BCUT2D eigenvalue weighted by molar-refractivity contribution is 0.0212. The molecule has 13 heteroatoms. The summed E-state index contributed by atoms with van der Waals surface area (Å²) < 4.78 is 20.7. The first-order valence-electron chi connectivity index (χ1n) is 20.6. The number of imidazole rings is 2. The first kappa shape index (κ1) is 38.7. The van der Waals surface area contributed by atoms with E-state index in [1.165, 1.54) is 0 Å². The summed E-state index contributed by atoms with van der Waals surface area (Å²) in [5.41, 5.74) is 6.69. The monoisotopic (exact) mass is 811 g/mol. The van der Waals surface area contributed by atoms with E-state index in [1.54, 1.807) is 4.90 Å². The third kappa shape index (κ3) is 7.52. The van der Waals surface area contributed by atoms with Crippen LogP contribution in [0.2, 0.25) is 19.1 Å². The number of aromatic amines is 2. The van der Waals surface area contributed by atoms with Crippen molar-refractivity contribution in [3.05, 3.63) is 102 Å². The van der Waals surface area contributed by atoms with Crippen LogP contribution in [0, 0.1) is 0 Å². The van der Waals surface area contributed by atoms with Crippen molar-refractivity contribution in [2.24, 2.45) is 0 Å². The second-order valence-electron chi connectivity index (χ2n) is 19.0. The van der Waals surface area contributed by atoms with E-state index in [-0.39, 0.29) is 24.3 Å². The van der Waals surface area contributed by atoms with E-state index in [9.17, 15) is 9.59 Å². The fourth-order valence-electron chi connectivity index (χ4n) is 8.79. The summed E-state index contributed by atoms with van der Waals surface area (Å²) in [6.45, 7) is 16.6. The molecule has 6 heterocycles. The van der Waals surface area contributed by atoms with Gasteiger partial charge in [0.15, 0.2) is 0 Å².